The van der Waals surface area contributed by atoms with Crippen LogP contribution in [0, 0.1) is 0 Å². The summed E-state index contributed by atoms with van der Waals surface area (Å²) in [7, 11) is 2.19. The summed E-state index contributed by atoms with van der Waals surface area (Å²) in [5.41, 5.74) is 1.33. The molecule has 0 spiro atoms. The number of nitrogens with zero attached hydrogens (tertiary/aromatic N) is 2. The molecule has 1 aliphatic rings. The van der Waals surface area contributed by atoms with Crippen LogP contribution < -0.4 is 0 Å². The van der Waals surface area contributed by atoms with Crippen molar-refractivity contribution >= 4 is 0 Å². The third-order valence-corrected chi connectivity index (χ3v) is 3.16. The molecule has 1 aromatic rings. The Morgan fingerprint density at radius 2 is 2.00 bits per heavy atom. The number of aromatic amines is 1. The number of piperazine rings is 1. The van der Waals surface area contributed by atoms with Crippen LogP contribution in [0.1, 0.15) is 18.7 Å². The molecule has 3 heteroatoms. The summed E-state index contributed by atoms with van der Waals surface area (Å²) in [5, 5.41) is 0. The van der Waals surface area contributed by atoms with Gasteiger partial charge < -0.3 is 9.88 Å². The molecule has 0 radical (unpaired) electrons. The van der Waals surface area contributed by atoms with Gasteiger partial charge in [-0.15, -0.1) is 0 Å². The summed E-state index contributed by atoms with van der Waals surface area (Å²) in [4.78, 5) is 8.21. The molecule has 0 amide bonds. The SMILES string of the molecule is CC(c1ccc[nH]1)N1CCN(C)CC1. The van der Waals surface area contributed by atoms with Gasteiger partial charge >= 0.3 is 0 Å². The third-order valence-electron chi connectivity index (χ3n) is 3.16. The highest BCUT2D eigenvalue weighted by molar-refractivity contribution is 5.08. The minimum absolute atomic E-state index is 0.527. The van der Waals surface area contributed by atoms with E-state index in [1.165, 1.54) is 31.9 Å². The van der Waals surface area contributed by atoms with Gasteiger partial charge in [0.2, 0.25) is 0 Å². The number of nitrogens with one attached hydrogen (secondary N) is 1. The van der Waals surface area contributed by atoms with Crippen molar-refractivity contribution in [2.45, 2.75) is 13.0 Å². The van der Waals surface area contributed by atoms with Crippen molar-refractivity contribution in [3.63, 3.8) is 0 Å². The highest BCUT2D eigenvalue weighted by Crippen LogP contribution is 2.19. The van der Waals surface area contributed by atoms with Crippen molar-refractivity contribution in [3.8, 4) is 0 Å². The molecular weight excluding hydrogens is 174 g/mol. The number of aromatic nitrogens is 1. The first kappa shape index (κ1) is 9.74. The molecule has 78 valence electrons. The average Bonchev–Trinajstić information content (AvgIpc) is 2.71. The molecule has 0 aromatic carbocycles. The first-order chi connectivity index (χ1) is 6.77. The standard InChI is InChI=1S/C11H19N3/c1-10(11-4-3-5-12-11)14-8-6-13(2)7-9-14/h3-5,10,12H,6-9H2,1-2H3. The Hall–Kier alpha value is -0.800. The lowest BCUT2D eigenvalue weighted by Gasteiger charge is -2.36. The normalized spacial score (nSPS) is 22.4. The van der Waals surface area contributed by atoms with Crippen LogP contribution in [0.2, 0.25) is 0 Å². The van der Waals surface area contributed by atoms with Crippen molar-refractivity contribution in [2.75, 3.05) is 33.2 Å². The molecule has 0 bridgehead atoms. The Bertz CT molecular complexity index is 260. The van der Waals surface area contributed by atoms with Crippen LogP contribution in [-0.4, -0.2) is 48.0 Å². The highest BCUT2D eigenvalue weighted by atomic mass is 15.3. The fourth-order valence-electron chi connectivity index (χ4n) is 2.01. The molecule has 1 saturated heterocycles. The van der Waals surface area contributed by atoms with Gasteiger partial charge in [-0.3, -0.25) is 4.90 Å². The molecule has 0 saturated carbocycles. The minimum Gasteiger partial charge on any atom is -0.364 e. The van der Waals surface area contributed by atoms with E-state index < -0.39 is 0 Å². The van der Waals surface area contributed by atoms with Crippen LogP contribution in [0.3, 0.4) is 0 Å². The fraction of sp³-hybridized carbons (Fsp3) is 0.636. The number of likely N-dealkylation sites (N-methyl/N-ethyl adjacent to an activating group) is 1. The van der Waals surface area contributed by atoms with Crippen LogP contribution in [0.4, 0.5) is 0 Å². The van der Waals surface area contributed by atoms with Crippen LogP contribution in [0.25, 0.3) is 0 Å². The Balaban J connectivity index is 1.95. The van der Waals surface area contributed by atoms with Gasteiger partial charge in [0.05, 0.1) is 0 Å². The molecule has 1 aromatic heterocycles. The van der Waals surface area contributed by atoms with Crippen LogP contribution in [0.5, 0.6) is 0 Å². The molecule has 14 heavy (non-hydrogen) atoms. The topological polar surface area (TPSA) is 22.3 Å². The number of hydrogen-bond acceptors (Lipinski definition) is 2. The third kappa shape index (κ3) is 1.99. The number of rotatable bonds is 2. The quantitative estimate of drug-likeness (QED) is 0.765. The summed E-state index contributed by atoms with van der Waals surface area (Å²) < 4.78 is 0. The molecule has 1 unspecified atom stereocenters. The van der Waals surface area contributed by atoms with E-state index in [1.54, 1.807) is 0 Å². The fourth-order valence-corrected chi connectivity index (χ4v) is 2.01. The van der Waals surface area contributed by atoms with E-state index in [1.807, 2.05) is 6.20 Å². The zero-order valence-corrected chi connectivity index (χ0v) is 9.03. The molecule has 2 heterocycles. The average molecular weight is 193 g/mol. The maximum absolute atomic E-state index is 3.29. The Morgan fingerprint density at radius 3 is 2.57 bits per heavy atom. The Labute approximate surface area is 85.7 Å². The zero-order valence-electron chi connectivity index (χ0n) is 9.03. The minimum atomic E-state index is 0.527. The summed E-state index contributed by atoms with van der Waals surface area (Å²) in [5.74, 6) is 0. The molecule has 1 N–H and O–H groups in total. The molecule has 1 aliphatic heterocycles. The number of H-pyrrole nitrogens is 1. The van der Waals surface area contributed by atoms with Gasteiger partial charge in [-0.25, -0.2) is 0 Å². The van der Waals surface area contributed by atoms with E-state index in [0.29, 0.717) is 6.04 Å². The second kappa shape index (κ2) is 4.15. The maximum atomic E-state index is 3.29. The summed E-state index contributed by atoms with van der Waals surface area (Å²) in [6.07, 6.45) is 2.00. The van der Waals surface area contributed by atoms with Crippen molar-refractivity contribution in [1.82, 2.24) is 14.8 Å². The predicted octanol–water partition coefficient (Wildman–Crippen LogP) is 1.32. The van der Waals surface area contributed by atoms with Crippen molar-refractivity contribution in [1.29, 1.82) is 0 Å². The largest absolute Gasteiger partial charge is 0.364 e. The smallest absolute Gasteiger partial charge is 0.0471 e. The van der Waals surface area contributed by atoms with E-state index in [-0.39, 0.29) is 0 Å². The van der Waals surface area contributed by atoms with Crippen molar-refractivity contribution in [2.24, 2.45) is 0 Å². The van der Waals surface area contributed by atoms with E-state index >= 15 is 0 Å². The van der Waals surface area contributed by atoms with Gasteiger partial charge in [-0.1, -0.05) is 0 Å². The van der Waals surface area contributed by atoms with Gasteiger partial charge in [-0.2, -0.15) is 0 Å². The Kier molecular flexibility index (Phi) is 2.89. The van der Waals surface area contributed by atoms with Crippen molar-refractivity contribution in [3.05, 3.63) is 24.0 Å². The van der Waals surface area contributed by atoms with Gasteiger partial charge in [0, 0.05) is 44.1 Å². The molecule has 2 rings (SSSR count). The van der Waals surface area contributed by atoms with E-state index in [4.69, 9.17) is 0 Å². The predicted molar refractivity (Wildman–Crippen MR) is 58.3 cm³/mol. The van der Waals surface area contributed by atoms with Gasteiger partial charge in [0.1, 0.15) is 0 Å². The van der Waals surface area contributed by atoms with Crippen molar-refractivity contribution < 1.29 is 0 Å². The summed E-state index contributed by atoms with van der Waals surface area (Å²) in [6.45, 7) is 7.00. The monoisotopic (exact) mass is 193 g/mol. The summed E-state index contributed by atoms with van der Waals surface area (Å²) in [6, 6.07) is 4.77. The van der Waals surface area contributed by atoms with Gasteiger partial charge in [0.25, 0.3) is 0 Å². The first-order valence-electron chi connectivity index (χ1n) is 5.33. The Morgan fingerprint density at radius 1 is 1.29 bits per heavy atom. The highest BCUT2D eigenvalue weighted by Gasteiger charge is 2.20. The maximum Gasteiger partial charge on any atom is 0.0471 e. The van der Waals surface area contributed by atoms with E-state index in [9.17, 15) is 0 Å². The lowest BCUT2D eigenvalue weighted by atomic mass is 10.2. The van der Waals surface area contributed by atoms with E-state index in [2.05, 4.69) is 40.9 Å². The van der Waals surface area contributed by atoms with Gasteiger partial charge in [-0.05, 0) is 26.1 Å². The zero-order chi connectivity index (χ0) is 9.97. The molecule has 1 fully saturated rings. The second-order valence-electron chi connectivity index (χ2n) is 4.14. The number of hydrogen-bond donors (Lipinski definition) is 1. The van der Waals surface area contributed by atoms with E-state index in [0.717, 1.165) is 0 Å². The molecule has 1 atom stereocenters. The second-order valence-corrected chi connectivity index (χ2v) is 4.14. The lowest BCUT2D eigenvalue weighted by Crippen LogP contribution is -2.45. The van der Waals surface area contributed by atoms with Crippen LogP contribution >= 0.6 is 0 Å². The first-order valence-corrected chi connectivity index (χ1v) is 5.33. The molecular formula is C11H19N3. The van der Waals surface area contributed by atoms with Crippen LogP contribution in [0.15, 0.2) is 18.3 Å². The molecule has 0 aliphatic carbocycles. The van der Waals surface area contributed by atoms with Crippen LogP contribution in [-0.2, 0) is 0 Å². The lowest BCUT2D eigenvalue weighted by molar-refractivity contribution is 0.117. The molecule has 3 nitrogen and oxygen atoms in total. The van der Waals surface area contributed by atoms with Gasteiger partial charge in [0.15, 0.2) is 0 Å². The summed E-state index contributed by atoms with van der Waals surface area (Å²) >= 11 is 0.